The minimum atomic E-state index is 0.427. The number of hydrogen-bond donors (Lipinski definition) is 0. The Morgan fingerprint density at radius 3 is 2.46 bits per heavy atom. The average Bonchev–Trinajstić information content (AvgIpc) is 3.22. The van der Waals surface area contributed by atoms with Gasteiger partial charge in [-0.15, -0.1) is 0 Å². The Morgan fingerprint density at radius 1 is 1.04 bits per heavy atom. The van der Waals surface area contributed by atoms with Crippen molar-refractivity contribution >= 4 is 5.90 Å². The van der Waals surface area contributed by atoms with Crippen molar-refractivity contribution in [2.24, 2.45) is 4.99 Å². The van der Waals surface area contributed by atoms with Crippen molar-refractivity contribution in [2.45, 2.75) is 13.8 Å². The van der Waals surface area contributed by atoms with E-state index in [4.69, 9.17) is 14.2 Å². The second kappa shape index (κ2) is 8.43. The van der Waals surface area contributed by atoms with Crippen molar-refractivity contribution in [3.05, 3.63) is 78.5 Å². The van der Waals surface area contributed by atoms with Crippen LogP contribution in [-0.2, 0) is 0 Å². The number of ether oxygens (including phenoxy) is 3. The molecule has 144 valence electrons. The number of methoxy groups -OCH3 is 2. The molecule has 2 aromatic carbocycles. The number of benzene rings is 2. The molecule has 0 radical (unpaired) electrons. The van der Waals surface area contributed by atoms with E-state index in [-0.39, 0.29) is 0 Å². The van der Waals surface area contributed by atoms with Crippen molar-refractivity contribution < 1.29 is 14.2 Å². The lowest BCUT2D eigenvalue weighted by Crippen LogP contribution is -2.13. The fraction of sp³-hybridized carbons (Fsp3) is 0.182. The highest BCUT2D eigenvalue weighted by Crippen LogP contribution is 2.28. The van der Waals surface area contributed by atoms with E-state index in [9.17, 15) is 0 Å². The summed E-state index contributed by atoms with van der Waals surface area (Å²) in [5, 5.41) is 0. The summed E-state index contributed by atoms with van der Waals surface area (Å²) in [6.45, 7) is 7.72. The first-order chi connectivity index (χ1) is 13.5. The summed E-state index contributed by atoms with van der Waals surface area (Å²) < 4.78 is 18.9. The van der Waals surface area contributed by atoms with Crippen LogP contribution in [0.15, 0.2) is 66.8 Å². The average molecular weight is 377 g/mol. The number of rotatable bonds is 6. The predicted molar refractivity (Wildman–Crippen MR) is 110 cm³/mol. The molecule has 3 rings (SSSR count). The van der Waals surface area contributed by atoms with E-state index in [2.05, 4.69) is 16.6 Å². The molecule has 1 aromatic heterocycles. The van der Waals surface area contributed by atoms with E-state index in [1.165, 1.54) is 6.20 Å². The van der Waals surface area contributed by atoms with Crippen LogP contribution in [0.5, 0.6) is 17.2 Å². The van der Waals surface area contributed by atoms with Gasteiger partial charge < -0.3 is 18.8 Å². The molecular formula is C22H23N3O3. The van der Waals surface area contributed by atoms with Crippen LogP contribution in [0.25, 0.3) is 5.69 Å². The largest absolute Gasteiger partial charge is 0.497 e. The standard InChI is InChI=1S/C22H23N3O3/c1-6-24-22(20-13-21(27-5)16(3)9-15(20)2)28-19-11-17(10-18(12-19)26-4)25-8-7-23-14-25/h6-14H,1H2,2-5H3. The van der Waals surface area contributed by atoms with Gasteiger partial charge in [0.15, 0.2) is 0 Å². The molecule has 0 amide bonds. The fourth-order valence-electron chi connectivity index (χ4n) is 2.92. The van der Waals surface area contributed by atoms with E-state index in [0.29, 0.717) is 17.4 Å². The monoisotopic (exact) mass is 377 g/mol. The molecule has 0 N–H and O–H groups in total. The third-order valence-electron chi connectivity index (χ3n) is 4.30. The van der Waals surface area contributed by atoms with Gasteiger partial charge in [-0.05, 0) is 31.0 Å². The van der Waals surface area contributed by atoms with Crippen molar-refractivity contribution in [1.29, 1.82) is 0 Å². The number of aryl methyl sites for hydroxylation is 2. The topological polar surface area (TPSA) is 57.9 Å². The van der Waals surface area contributed by atoms with Gasteiger partial charge in [0.25, 0.3) is 0 Å². The van der Waals surface area contributed by atoms with Crippen LogP contribution in [0.1, 0.15) is 16.7 Å². The van der Waals surface area contributed by atoms with Crippen LogP contribution in [0, 0.1) is 13.8 Å². The Bertz CT molecular complexity index is 1010. The maximum Gasteiger partial charge on any atom is 0.226 e. The van der Waals surface area contributed by atoms with E-state index in [0.717, 1.165) is 28.1 Å². The summed E-state index contributed by atoms with van der Waals surface area (Å²) in [4.78, 5) is 8.44. The maximum atomic E-state index is 6.15. The summed E-state index contributed by atoms with van der Waals surface area (Å²) in [5.74, 6) is 2.45. The number of imidazole rings is 1. The first-order valence-corrected chi connectivity index (χ1v) is 8.75. The van der Waals surface area contributed by atoms with Crippen molar-refractivity contribution in [2.75, 3.05) is 14.2 Å². The van der Waals surface area contributed by atoms with Gasteiger partial charge in [0.05, 0.1) is 26.2 Å². The smallest absolute Gasteiger partial charge is 0.226 e. The molecule has 0 aliphatic heterocycles. The van der Waals surface area contributed by atoms with Crippen LogP contribution < -0.4 is 14.2 Å². The molecule has 0 unspecified atom stereocenters. The Morgan fingerprint density at radius 2 is 1.82 bits per heavy atom. The summed E-state index contributed by atoms with van der Waals surface area (Å²) in [6.07, 6.45) is 6.74. The van der Waals surface area contributed by atoms with Gasteiger partial charge in [0, 0.05) is 42.4 Å². The van der Waals surface area contributed by atoms with Crippen molar-refractivity contribution in [3.63, 3.8) is 0 Å². The molecule has 0 atom stereocenters. The first kappa shape index (κ1) is 19.2. The summed E-state index contributed by atoms with van der Waals surface area (Å²) >= 11 is 0. The summed E-state index contributed by atoms with van der Waals surface area (Å²) in [7, 11) is 3.26. The van der Waals surface area contributed by atoms with E-state index in [1.54, 1.807) is 32.8 Å². The van der Waals surface area contributed by atoms with E-state index >= 15 is 0 Å². The van der Waals surface area contributed by atoms with Gasteiger partial charge in [-0.1, -0.05) is 12.6 Å². The summed E-state index contributed by atoms with van der Waals surface area (Å²) in [5.41, 5.74) is 3.76. The molecule has 28 heavy (non-hydrogen) atoms. The zero-order valence-corrected chi connectivity index (χ0v) is 16.5. The van der Waals surface area contributed by atoms with Crippen LogP contribution in [-0.4, -0.2) is 29.7 Å². The highest BCUT2D eigenvalue weighted by Gasteiger charge is 2.14. The van der Waals surface area contributed by atoms with Crippen LogP contribution in [0.2, 0.25) is 0 Å². The predicted octanol–water partition coefficient (Wildman–Crippen LogP) is 4.48. The van der Waals surface area contributed by atoms with Gasteiger partial charge in [-0.25, -0.2) is 9.98 Å². The molecule has 6 nitrogen and oxygen atoms in total. The molecule has 0 bridgehead atoms. The molecule has 3 aromatic rings. The zero-order valence-electron chi connectivity index (χ0n) is 16.5. The van der Waals surface area contributed by atoms with Gasteiger partial charge in [-0.2, -0.15) is 0 Å². The number of aliphatic imine (C=N–C) groups is 1. The van der Waals surface area contributed by atoms with Crippen LogP contribution in [0.4, 0.5) is 0 Å². The van der Waals surface area contributed by atoms with Crippen molar-refractivity contribution in [1.82, 2.24) is 9.55 Å². The molecular weight excluding hydrogens is 354 g/mol. The maximum absolute atomic E-state index is 6.15. The lowest BCUT2D eigenvalue weighted by atomic mass is 10.0. The van der Waals surface area contributed by atoms with Gasteiger partial charge >= 0.3 is 0 Å². The quantitative estimate of drug-likeness (QED) is 0.470. The molecule has 0 fully saturated rings. The Balaban J connectivity index is 2.04. The van der Waals surface area contributed by atoms with E-state index < -0.39 is 0 Å². The third-order valence-corrected chi connectivity index (χ3v) is 4.30. The molecule has 1 heterocycles. The second-order valence-corrected chi connectivity index (χ2v) is 6.19. The molecule has 0 aliphatic carbocycles. The fourth-order valence-corrected chi connectivity index (χ4v) is 2.92. The molecule has 0 spiro atoms. The normalized spacial score (nSPS) is 11.2. The number of hydrogen-bond acceptors (Lipinski definition) is 5. The van der Waals surface area contributed by atoms with Crippen LogP contribution in [0.3, 0.4) is 0 Å². The minimum Gasteiger partial charge on any atom is -0.497 e. The highest BCUT2D eigenvalue weighted by molar-refractivity contribution is 5.98. The summed E-state index contributed by atoms with van der Waals surface area (Å²) in [6, 6.07) is 9.56. The Labute approximate surface area is 164 Å². The Kier molecular flexibility index (Phi) is 5.79. The molecule has 0 aliphatic rings. The highest BCUT2D eigenvalue weighted by atomic mass is 16.5. The zero-order chi connectivity index (χ0) is 20.1. The molecule has 0 saturated heterocycles. The van der Waals surface area contributed by atoms with Crippen molar-refractivity contribution in [3.8, 4) is 22.9 Å². The first-order valence-electron chi connectivity index (χ1n) is 8.75. The lowest BCUT2D eigenvalue weighted by molar-refractivity contribution is 0.410. The third kappa shape index (κ3) is 4.06. The number of aromatic nitrogens is 2. The minimum absolute atomic E-state index is 0.427. The second-order valence-electron chi connectivity index (χ2n) is 6.19. The lowest BCUT2D eigenvalue weighted by Gasteiger charge is -2.15. The van der Waals surface area contributed by atoms with Gasteiger partial charge in [0.1, 0.15) is 17.2 Å². The Hall–Kier alpha value is -3.54. The van der Waals surface area contributed by atoms with Gasteiger partial charge in [0.2, 0.25) is 5.90 Å². The number of nitrogens with zero attached hydrogens (tertiary/aromatic N) is 3. The SMILES string of the molecule is C=CN=C(Oc1cc(OC)cc(-n2ccnc2)c1)c1cc(OC)c(C)cc1C. The van der Waals surface area contributed by atoms with E-state index in [1.807, 2.05) is 48.9 Å². The molecule has 6 heteroatoms. The van der Waals surface area contributed by atoms with Crippen LogP contribution >= 0.6 is 0 Å². The molecule has 0 saturated carbocycles. The van der Waals surface area contributed by atoms with Gasteiger partial charge in [-0.3, -0.25) is 0 Å².